The summed E-state index contributed by atoms with van der Waals surface area (Å²) in [6, 6.07) is 15.5. The molecule has 2 aromatic carbocycles. The molecule has 0 unspecified atom stereocenters. The van der Waals surface area contributed by atoms with Gasteiger partial charge in [-0.15, -0.1) is 0 Å². The monoisotopic (exact) mass is 366 g/mol. The van der Waals surface area contributed by atoms with Gasteiger partial charge in [0.05, 0.1) is 12.8 Å². The SMILES string of the molecule is COc1ccc2c(C3CCN(C(=O)OCc4ccccc4)CC3)noc2c1. The lowest BCUT2D eigenvalue weighted by Gasteiger charge is -2.30. The maximum absolute atomic E-state index is 12.3. The molecule has 2 heterocycles. The first kappa shape index (κ1) is 17.4. The van der Waals surface area contributed by atoms with Crippen LogP contribution in [0.4, 0.5) is 4.79 Å². The molecule has 0 atom stereocenters. The van der Waals surface area contributed by atoms with Gasteiger partial charge in [-0.3, -0.25) is 0 Å². The Labute approximate surface area is 157 Å². The topological polar surface area (TPSA) is 64.8 Å². The van der Waals surface area contributed by atoms with E-state index in [1.807, 2.05) is 48.5 Å². The lowest BCUT2D eigenvalue weighted by Crippen LogP contribution is -2.38. The van der Waals surface area contributed by atoms with Gasteiger partial charge in [-0.25, -0.2) is 4.79 Å². The number of rotatable bonds is 4. The number of carbonyl (C=O) groups excluding carboxylic acids is 1. The second kappa shape index (κ2) is 7.70. The van der Waals surface area contributed by atoms with Gasteiger partial charge in [-0.1, -0.05) is 35.5 Å². The number of amides is 1. The van der Waals surface area contributed by atoms with E-state index in [4.69, 9.17) is 14.0 Å². The Kier molecular flexibility index (Phi) is 4.96. The molecule has 0 saturated carbocycles. The van der Waals surface area contributed by atoms with Gasteiger partial charge in [0.15, 0.2) is 5.58 Å². The molecule has 6 nitrogen and oxygen atoms in total. The van der Waals surface area contributed by atoms with Gasteiger partial charge in [0.1, 0.15) is 12.4 Å². The van der Waals surface area contributed by atoms with Crippen LogP contribution < -0.4 is 4.74 Å². The number of fused-ring (bicyclic) bond motifs is 1. The number of hydrogen-bond acceptors (Lipinski definition) is 5. The highest BCUT2D eigenvalue weighted by Crippen LogP contribution is 2.34. The largest absolute Gasteiger partial charge is 0.497 e. The first-order chi connectivity index (χ1) is 13.2. The third kappa shape index (κ3) is 3.74. The number of piperidine rings is 1. The summed E-state index contributed by atoms with van der Waals surface area (Å²) in [5, 5.41) is 5.29. The highest BCUT2D eigenvalue weighted by molar-refractivity contribution is 5.81. The summed E-state index contributed by atoms with van der Waals surface area (Å²) >= 11 is 0. The van der Waals surface area contributed by atoms with Crippen LogP contribution in [0.15, 0.2) is 53.1 Å². The predicted molar refractivity (Wildman–Crippen MR) is 101 cm³/mol. The van der Waals surface area contributed by atoms with E-state index in [2.05, 4.69) is 5.16 Å². The van der Waals surface area contributed by atoms with Crippen LogP contribution in [-0.2, 0) is 11.3 Å². The van der Waals surface area contributed by atoms with E-state index in [9.17, 15) is 4.79 Å². The summed E-state index contributed by atoms with van der Waals surface area (Å²) in [6.07, 6.45) is 1.43. The quantitative estimate of drug-likeness (QED) is 0.687. The van der Waals surface area contributed by atoms with Crippen molar-refractivity contribution >= 4 is 17.1 Å². The standard InChI is InChI=1S/C21H22N2O4/c1-25-17-7-8-18-19(13-17)27-22-20(18)16-9-11-23(12-10-16)21(24)26-14-15-5-3-2-4-6-15/h2-8,13,16H,9-12,14H2,1H3. The van der Waals surface area contributed by atoms with E-state index in [1.54, 1.807) is 12.0 Å². The van der Waals surface area contributed by atoms with E-state index >= 15 is 0 Å². The second-order valence-electron chi connectivity index (χ2n) is 6.73. The summed E-state index contributed by atoms with van der Waals surface area (Å²) in [5.41, 5.74) is 2.68. The smallest absolute Gasteiger partial charge is 0.410 e. The van der Waals surface area contributed by atoms with Crippen LogP contribution in [0.2, 0.25) is 0 Å². The summed E-state index contributed by atoms with van der Waals surface area (Å²) < 4.78 is 16.1. The fourth-order valence-corrected chi connectivity index (χ4v) is 3.50. The number of aromatic nitrogens is 1. The van der Waals surface area contributed by atoms with Crippen LogP contribution in [0.1, 0.15) is 30.0 Å². The average molecular weight is 366 g/mol. The maximum atomic E-state index is 12.3. The first-order valence-electron chi connectivity index (χ1n) is 9.13. The molecule has 3 aromatic rings. The molecule has 1 fully saturated rings. The Morgan fingerprint density at radius 2 is 1.96 bits per heavy atom. The minimum absolute atomic E-state index is 0.257. The van der Waals surface area contributed by atoms with Gasteiger partial charge in [0, 0.05) is 30.5 Å². The number of likely N-dealkylation sites (tertiary alicyclic amines) is 1. The fraction of sp³-hybridized carbons (Fsp3) is 0.333. The average Bonchev–Trinajstić information content (AvgIpc) is 3.16. The highest BCUT2D eigenvalue weighted by Gasteiger charge is 2.28. The van der Waals surface area contributed by atoms with Gasteiger partial charge < -0.3 is 18.9 Å². The second-order valence-corrected chi connectivity index (χ2v) is 6.73. The maximum Gasteiger partial charge on any atom is 0.410 e. The lowest BCUT2D eigenvalue weighted by molar-refractivity contribution is 0.0867. The van der Waals surface area contributed by atoms with Crippen LogP contribution in [0.5, 0.6) is 5.75 Å². The number of ether oxygens (including phenoxy) is 2. The van der Waals surface area contributed by atoms with Crippen LogP contribution in [-0.4, -0.2) is 36.3 Å². The molecule has 0 bridgehead atoms. The van der Waals surface area contributed by atoms with Crippen molar-refractivity contribution in [1.29, 1.82) is 0 Å². The molecule has 1 saturated heterocycles. The zero-order chi connectivity index (χ0) is 18.6. The molecule has 1 aromatic heterocycles. The molecular formula is C21H22N2O4. The number of benzene rings is 2. The van der Waals surface area contributed by atoms with E-state index in [0.717, 1.165) is 40.8 Å². The van der Waals surface area contributed by atoms with Gasteiger partial charge in [0.25, 0.3) is 0 Å². The molecule has 0 radical (unpaired) electrons. The third-order valence-electron chi connectivity index (χ3n) is 5.05. The van der Waals surface area contributed by atoms with Crippen LogP contribution >= 0.6 is 0 Å². The minimum Gasteiger partial charge on any atom is -0.497 e. The van der Waals surface area contributed by atoms with E-state index < -0.39 is 0 Å². The van der Waals surface area contributed by atoms with Crippen LogP contribution in [0, 0.1) is 0 Å². The van der Waals surface area contributed by atoms with Crippen molar-refractivity contribution in [2.45, 2.75) is 25.4 Å². The third-order valence-corrected chi connectivity index (χ3v) is 5.05. The van der Waals surface area contributed by atoms with Gasteiger partial charge in [0.2, 0.25) is 0 Å². The van der Waals surface area contributed by atoms with Gasteiger partial charge in [-0.2, -0.15) is 0 Å². The normalized spacial score (nSPS) is 15.1. The minimum atomic E-state index is -0.257. The van der Waals surface area contributed by atoms with Crippen molar-refractivity contribution in [2.24, 2.45) is 0 Å². The molecule has 27 heavy (non-hydrogen) atoms. The molecule has 4 rings (SSSR count). The Balaban J connectivity index is 1.35. The first-order valence-corrected chi connectivity index (χ1v) is 9.13. The highest BCUT2D eigenvalue weighted by atomic mass is 16.6. The van der Waals surface area contributed by atoms with E-state index in [-0.39, 0.29) is 12.0 Å². The molecule has 0 N–H and O–H groups in total. The van der Waals surface area contributed by atoms with Crippen molar-refractivity contribution in [3.8, 4) is 5.75 Å². The zero-order valence-electron chi connectivity index (χ0n) is 15.3. The number of carbonyl (C=O) groups is 1. The summed E-state index contributed by atoms with van der Waals surface area (Å²) in [7, 11) is 1.63. The number of hydrogen-bond donors (Lipinski definition) is 0. The fourth-order valence-electron chi connectivity index (χ4n) is 3.50. The van der Waals surface area contributed by atoms with Crippen molar-refractivity contribution in [1.82, 2.24) is 10.1 Å². The molecule has 1 aliphatic heterocycles. The zero-order valence-corrected chi connectivity index (χ0v) is 15.3. The van der Waals surface area contributed by atoms with Gasteiger partial charge in [-0.05, 0) is 30.5 Å². The Hall–Kier alpha value is -3.02. The molecular weight excluding hydrogens is 344 g/mol. The van der Waals surface area contributed by atoms with Gasteiger partial charge >= 0.3 is 6.09 Å². The lowest BCUT2D eigenvalue weighted by atomic mass is 9.92. The Bertz CT molecular complexity index is 914. The molecule has 0 aliphatic carbocycles. The molecule has 140 valence electrons. The summed E-state index contributed by atoms with van der Waals surface area (Å²) in [5.74, 6) is 1.03. The Morgan fingerprint density at radius 3 is 2.70 bits per heavy atom. The molecule has 1 aliphatic rings. The molecule has 0 spiro atoms. The Morgan fingerprint density at radius 1 is 1.19 bits per heavy atom. The van der Waals surface area contributed by atoms with Crippen molar-refractivity contribution in [2.75, 3.05) is 20.2 Å². The molecule has 6 heteroatoms. The van der Waals surface area contributed by atoms with E-state index in [1.165, 1.54) is 0 Å². The summed E-state index contributed by atoms with van der Waals surface area (Å²) in [4.78, 5) is 14.1. The van der Waals surface area contributed by atoms with Crippen molar-refractivity contribution < 1.29 is 18.8 Å². The number of nitrogens with zero attached hydrogens (tertiary/aromatic N) is 2. The molecule has 1 amide bonds. The van der Waals surface area contributed by atoms with Crippen molar-refractivity contribution in [3.05, 3.63) is 59.8 Å². The summed E-state index contributed by atoms with van der Waals surface area (Å²) in [6.45, 7) is 1.61. The van der Waals surface area contributed by atoms with Crippen LogP contribution in [0.3, 0.4) is 0 Å². The number of methoxy groups -OCH3 is 1. The van der Waals surface area contributed by atoms with Crippen molar-refractivity contribution in [3.63, 3.8) is 0 Å². The van der Waals surface area contributed by atoms with E-state index in [0.29, 0.717) is 19.7 Å². The predicted octanol–water partition coefficient (Wildman–Crippen LogP) is 4.35. The van der Waals surface area contributed by atoms with Crippen LogP contribution in [0.25, 0.3) is 11.0 Å².